The second kappa shape index (κ2) is 6.67. The third kappa shape index (κ3) is 3.68. The molecule has 0 aliphatic carbocycles. The minimum absolute atomic E-state index is 0.0690. The smallest absolute Gasteiger partial charge is 0.242 e. The summed E-state index contributed by atoms with van der Waals surface area (Å²) in [7, 11) is 3.59. The molecule has 1 aromatic heterocycles. The molecule has 0 bridgehead atoms. The van der Waals surface area contributed by atoms with Gasteiger partial charge in [0.15, 0.2) is 0 Å². The number of hydrogen-bond acceptors (Lipinski definition) is 3. The molecule has 0 saturated carbocycles. The Morgan fingerprint density at radius 1 is 1.50 bits per heavy atom. The molecule has 6 heteroatoms. The predicted octanol–water partition coefficient (Wildman–Crippen LogP) is 1.76. The van der Waals surface area contributed by atoms with Gasteiger partial charge in [-0.1, -0.05) is 28.1 Å². The number of carbonyl (C=O) groups excluding carboxylic acids is 1. The lowest BCUT2D eigenvalue weighted by Gasteiger charge is -2.14. The lowest BCUT2D eigenvalue weighted by molar-refractivity contribution is -0.123. The first-order valence-corrected chi connectivity index (χ1v) is 7.07. The highest BCUT2D eigenvalue weighted by atomic mass is 79.9. The molecule has 0 aliphatic heterocycles. The molecule has 5 nitrogen and oxygen atoms in total. The maximum Gasteiger partial charge on any atom is 0.242 e. The van der Waals surface area contributed by atoms with Crippen molar-refractivity contribution in [2.24, 2.45) is 7.05 Å². The van der Waals surface area contributed by atoms with E-state index in [0.717, 1.165) is 15.6 Å². The highest BCUT2D eigenvalue weighted by Crippen LogP contribution is 2.13. The zero-order valence-corrected chi connectivity index (χ0v) is 13.0. The van der Waals surface area contributed by atoms with Gasteiger partial charge in [-0.3, -0.25) is 9.48 Å². The number of aromatic nitrogens is 2. The van der Waals surface area contributed by atoms with E-state index in [1.165, 1.54) is 0 Å². The third-order valence-electron chi connectivity index (χ3n) is 2.96. The quantitative estimate of drug-likeness (QED) is 0.874. The van der Waals surface area contributed by atoms with Crippen LogP contribution in [0.4, 0.5) is 0 Å². The summed E-state index contributed by atoms with van der Waals surface area (Å²) in [6.45, 7) is 0.497. The minimum Gasteiger partial charge on any atom is -0.350 e. The number of amides is 1. The number of aryl methyl sites for hydroxylation is 1. The molecule has 1 aromatic carbocycles. The largest absolute Gasteiger partial charge is 0.350 e. The Hall–Kier alpha value is -1.66. The first-order valence-electron chi connectivity index (χ1n) is 6.28. The monoisotopic (exact) mass is 336 g/mol. The van der Waals surface area contributed by atoms with Gasteiger partial charge < -0.3 is 10.6 Å². The van der Waals surface area contributed by atoms with E-state index in [0.29, 0.717) is 6.54 Å². The molecule has 20 heavy (non-hydrogen) atoms. The van der Waals surface area contributed by atoms with Crippen molar-refractivity contribution in [3.05, 3.63) is 52.3 Å². The fourth-order valence-corrected chi connectivity index (χ4v) is 2.42. The Bertz CT molecular complexity index is 596. The Balaban J connectivity index is 1.99. The van der Waals surface area contributed by atoms with E-state index in [9.17, 15) is 4.79 Å². The molecule has 0 aliphatic rings. The van der Waals surface area contributed by atoms with E-state index in [1.807, 2.05) is 37.5 Å². The zero-order chi connectivity index (χ0) is 14.5. The number of halogens is 1. The van der Waals surface area contributed by atoms with E-state index in [1.54, 1.807) is 17.9 Å². The Morgan fingerprint density at radius 2 is 2.30 bits per heavy atom. The summed E-state index contributed by atoms with van der Waals surface area (Å²) in [6, 6.07) is 7.47. The normalized spacial score (nSPS) is 12.2. The van der Waals surface area contributed by atoms with Crippen molar-refractivity contribution >= 4 is 21.8 Å². The minimum atomic E-state index is -0.393. The van der Waals surface area contributed by atoms with Gasteiger partial charge in [-0.2, -0.15) is 5.10 Å². The van der Waals surface area contributed by atoms with Crippen molar-refractivity contribution in [1.29, 1.82) is 0 Å². The molecule has 2 N–H and O–H groups in total. The number of nitrogens with zero attached hydrogens (tertiary/aromatic N) is 2. The standard InChI is InChI=1S/C14H17BrN4O/c1-16-13(11-8-18-19(2)9-11)14(20)17-7-10-4-3-5-12(15)6-10/h3-6,8-9,13,16H,7H2,1-2H3,(H,17,20). The van der Waals surface area contributed by atoms with Gasteiger partial charge in [-0.05, 0) is 24.7 Å². The van der Waals surface area contributed by atoms with Crippen LogP contribution in [0.1, 0.15) is 17.2 Å². The number of likely N-dealkylation sites (N-methyl/N-ethyl adjacent to an activating group) is 1. The first-order chi connectivity index (χ1) is 9.60. The molecule has 0 saturated heterocycles. The van der Waals surface area contributed by atoms with E-state index >= 15 is 0 Å². The summed E-state index contributed by atoms with van der Waals surface area (Å²) in [5, 5.41) is 10.0. The zero-order valence-electron chi connectivity index (χ0n) is 11.4. The van der Waals surface area contributed by atoms with Crippen LogP contribution in [0.15, 0.2) is 41.1 Å². The van der Waals surface area contributed by atoms with E-state index < -0.39 is 6.04 Å². The average molecular weight is 337 g/mol. The Kier molecular flexibility index (Phi) is 4.92. The van der Waals surface area contributed by atoms with Crippen LogP contribution in [0.5, 0.6) is 0 Å². The SMILES string of the molecule is CNC(C(=O)NCc1cccc(Br)c1)c1cnn(C)c1. The molecular weight excluding hydrogens is 320 g/mol. The average Bonchev–Trinajstić information content (AvgIpc) is 2.84. The van der Waals surface area contributed by atoms with Crippen LogP contribution in [0.25, 0.3) is 0 Å². The molecule has 0 spiro atoms. The fraction of sp³-hybridized carbons (Fsp3) is 0.286. The van der Waals surface area contributed by atoms with E-state index in [-0.39, 0.29) is 5.91 Å². The summed E-state index contributed by atoms with van der Waals surface area (Å²) in [5.74, 6) is -0.0690. The molecule has 0 radical (unpaired) electrons. The molecule has 106 valence electrons. The maximum absolute atomic E-state index is 12.2. The highest BCUT2D eigenvalue weighted by Gasteiger charge is 2.19. The first kappa shape index (κ1) is 14.7. The van der Waals surface area contributed by atoms with Crippen molar-refractivity contribution in [2.75, 3.05) is 7.05 Å². The van der Waals surface area contributed by atoms with Crippen LogP contribution in [-0.4, -0.2) is 22.7 Å². The lowest BCUT2D eigenvalue weighted by atomic mass is 10.1. The van der Waals surface area contributed by atoms with Gasteiger partial charge in [0.05, 0.1) is 6.20 Å². The Morgan fingerprint density at radius 3 is 2.90 bits per heavy atom. The summed E-state index contributed by atoms with van der Waals surface area (Å²) in [4.78, 5) is 12.2. The molecule has 2 rings (SSSR count). The van der Waals surface area contributed by atoms with Crippen molar-refractivity contribution in [1.82, 2.24) is 20.4 Å². The van der Waals surface area contributed by atoms with Crippen LogP contribution >= 0.6 is 15.9 Å². The molecule has 0 fully saturated rings. The Labute approximate surface area is 126 Å². The highest BCUT2D eigenvalue weighted by molar-refractivity contribution is 9.10. The number of nitrogens with one attached hydrogen (secondary N) is 2. The topological polar surface area (TPSA) is 59.0 Å². The summed E-state index contributed by atoms with van der Waals surface area (Å²) in [6.07, 6.45) is 3.53. The summed E-state index contributed by atoms with van der Waals surface area (Å²) in [5.41, 5.74) is 1.90. The predicted molar refractivity (Wildman–Crippen MR) is 81.0 cm³/mol. The van der Waals surface area contributed by atoms with Crippen molar-refractivity contribution in [3.8, 4) is 0 Å². The van der Waals surface area contributed by atoms with Crippen molar-refractivity contribution in [3.63, 3.8) is 0 Å². The molecule has 2 aromatic rings. The number of rotatable bonds is 5. The maximum atomic E-state index is 12.2. The van der Waals surface area contributed by atoms with E-state index in [2.05, 4.69) is 31.7 Å². The molecule has 1 atom stereocenters. The number of hydrogen-bond donors (Lipinski definition) is 2. The fourth-order valence-electron chi connectivity index (χ4n) is 1.98. The van der Waals surface area contributed by atoms with Crippen molar-refractivity contribution in [2.45, 2.75) is 12.6 Å². The van der Waals surface area contributed by atoms with Crippen LogP contribution in [0.3, 0.4) is 0 Å². The molecule has 1 heterocycles. The summed E-state index contributed by atoms with van der Waals surface area (Å²) >= 11 is 3.42. The number of carbonyl (C=O) groups is 1. The van der Waals surface area contributed by atoms with Gasteiger partial charge in [-0.15, -0.1) is 0 Å². The van der Waals surface area contributed by atoms with Gasteiger partial charge in [0, 0.05) is 29.8 Å². The molecule has 1 amide bonds. The van der Waals surface area contributed by atoms with Gasteiger partial charge >= 0.3 is 0 Å². The molecular formula is C14H17BrN4O. The number of benzene rings is 1. The molecule has 1 unspecified atom stereocenters. The van der Waals surface area contributed by atoms with Crippen LogP contribution in [0.2, 0.25) is 0 Å². The van der Waals surface area contributed by atoms with E-state index in [4.69, 9.17) is 0 Å². The van der Waals surface area contributed by atoms with Gasteiger partial charge in [-0.25, -0.2) is 0 Å². The van der Waals surface area contributed by atoms with Crippen LogP contribution < -0.4 is 10.6 Å². The van der Waals surface area contributed by atoms with Crippen molar-refractivity contribution < 1.29 is 4.79 Å². The lowest BCUT2D eigenvalue weighted by Crippen LogP contribution is -2.35. The summed E-state index contributed by atoms with van der Waals surface area (Å²) < 4.78 is 2.68. The van der Waals surface area contributed by atoms with Crippen LogP contribution in [0, 0.1) is 0 Å². The van der Waals surface area contributed by atoms with Crippen LogP contribution in [-0.2, 0) is 18.4 Å². The van der Waals surface area contributed by atoms with Gasteiger partial charge in [0.1, 0.15) is 6.04 Å². The second-order valence-corrected chi connectivity index (χ2v) is 5.43. The van der Waals surface area contributed by atoms with Gasteiger partial charge in [0.25, 0.3) is 0 Å². The van der Waals surface area contributed by atoms with Gasteiger partial charge in [0.2, 0.25) is 5.91 Å². The third-order valence-corrected chi connectivity index (χ3v) is 3.46. The second-order valence-electron chi connectivity index (χ2n) is 4.52.